The van der Waals surface area contributed by atoms with Crippen LogP contribution in [0.2, 0.25) is 0 Å². The van der Waals surface area contributed by atoms with Gasteiger partial charge in [0, 0.05) is 6.42 Å². The second-order valence-corrected chi connectivity index (χ2v) is 3.44. The summed E-state index contributed by atoms with van der Waals surface area (Å²) in [5.74, 6) is -1.32. The summed E-state index contributed by atoms with van der Waals surface area (Å²) in [5, 5.41) is 0. The Balaban J connectivity index is 2.34. The van der Waals surface area contributed by atoms with Crippen LogP contribution >= 0.6 is 0 Å². The zero-order chi connectivity index (χ0) is 9.35. The quantitative estimate of drug-likeness (QED) is 0.652. The number of hydrogen-bond donors (Lipinski definition) is 0. The van der Waals surface area contributed by atoms with Gasteiger partial charge in [-0.15, -0.1) is 0 Å². The number of halogens is 3. The number of carbonyl (C=O) groups excluding carboxylic acids is 1. The average Bonchev–Trinajstić information content (AvgIpc) is 2.65. The minimum atomic E-state index is -4.64. The van der Waals surface area contributed by atoms with Crippen molar-refractivity contribution in [2.45, 2.75) is 32.4 Å². The van der Waals surface area contributed by atoms with Crippen LogP contribution in [0.1, 0.15) is 26.2 Å². The van der Waals surface area contributed by atoms with Gasteiger partial charge in [-0.25, -0.2) is 0 Å². The normalized spacial score (nSPS) is 20.7. The molecule has 1 fully saturated rings. The first-order chi connectivity index (χ1) is 5.41. The Kier molecular flexibility index (Phi) is 2.44. The van der Waals surface area contributed by atoms with Gasteiger partial charge in [-0.3, -0.25) is 4.79 Å². The molecule has 1 nitrogen and oxygen atoms in total. The number of alkyl halides is 3. The van der Waals surface area contributed by atoms with Crippen molar-refractivity contribution in [2.24, 2.45) is 11.8 Å². The zero-order valence-electron chi connectivity index (χ0n) is 6.82. The van der Waals surface area contributed by atoms with Crippen molar-refractivity contribution in [3.8, 4) is 0 Å². The van der Waals surface area contributed by atoms with Crippen molar-refractivity contribution in [1.82, 2.24) is 0 Å². The minimum Gasteiger partial charge on any atom is -0.290 e. The Morgan fingerprint density at radius 1 is 1.50 bits per heavy atom. The molecule has 0 aromatic heterocycles. The highest BCUT2D eigenvalue weighted by molar-refractivity contribution is 5.84. The van der Waals surface area contributed by atoms with Crippen molar-refractivity contribution in [3.05, 3.63) is 0 Å². The van der Waals surface area contributed by atoms with E-state index in [0.717, 1.165) is 12.8 Å². The van der Waals surface area contributed by atoms with Gasteiger partial charge in [0.15, 0.2) is 0 Å². The molecular weight excluding hydrogens is 169 g/mol. The maximum absolute atomic E-state index is 11.7. The van der Waals surface area contributed by atoms with Gasteiger partial charge in [0.05, 0.1) is 0 Å². The molecule has 1 rings (SSSR count). The van der Waals surface area contributed by atoms with Crippen LogP contribution in [-0.4, -0.2) is 12.0 Å². The maximum Gasteiger partial charge on any atom is 0.449 e. The molecule has 1 aliphatic rings. The van der Waals surface area contributed by atoms with Crippen molar-refractivity contribution >= 4 is 5.78 Å². The second-order valence-electron chi connectivity index (χ2n) is 3.44. The summed E-state index contributed by atoms with van der Waals surface area (Å²) in [6.07, 6.45) is -3.02. The molecule has 1 unspecified atom stereocenters. The van der Waals surface area contributed by atoms with Crippen molar-refractivity contribution in [3.63, 3.8) is 0 Å². The topological polar surface area (TPSA) is 17.1 Å². The summed E-state index contributed by atoms with van der Waals surface area (Å²) >= 11 is 0. The van der Waals surface area contributed by atoms with E-state index in [4.69, 9.17) is 0 Å². The average molecular weight is 180 g/mol. The molecule has 0 heterocycles. The standard InChI is InChI=1S/C8H11F3O/c1-5(6-2-3-6)4-7(12)8(9,10)11/h5-6H,2-4H2,1H3. The Labute approximate surface area is 68.9 Å². The van der Waals surface area contributed by atoms with E-state index < -0.39 is 12.0 Å². The largest absolute Gasteiger partial charge is 0.449 e. The van der Waals surface area contributed by atoms with E-state index in [1.54, 1.807) is 6.92 Å². The molecule has 1 aliphatic carbocycles. The lowest BCUT2D eigenvalue weighted by molar-refractivity contribution is -0.172. The van der Waals surface area contributed by atoms with Gasteiger partial charge in [-0.2, -0.15) is 13.2 Å². The summed E-state index contributed by atoms with van der Waals surface area (Å²) < 4.78 is 35.2. The molecule has 12 heavy (non-hydrogen) atoms. The van der Waals surface area contributed by atoms with Crippen LogP contribution in [0.15, 0.2) is 0 Å². The van der Waals surface area contributed by atoms with E-state index in [9.17, 15) is 18.0 Å². The maximum atomic E-state index is 11.7. The Bertz CT molecular complexity index is 181. The van der Waals surface area contributed by atoms with Crippen molar-refractivity contribution in [1.29, 1.82) is 0 Å². The first-order valence-electron chi connectivity index (χ1n) is 4.01. The van der Waals surface area contributed by atoms with Crippen molar-refractivity contribution in [2.75, 3.05) is 0 Å². The summed E-state index contributed by atoms with van der Waals surface area (Å²) in [7, 11) is 0. The van der Waals surface area contributed by atoms with E-state index in [0.29, 0.717) is 5.92 Å². The van der Waals surface area contributed by atoms with Crippen LogP contribution in [0.5, 0.6) is 0 Å². The fourth-order valence-electron chi connectivity index (χ4n) is 1.24. The third-order valence-corrected chi connectivity index (χ3v) is 2.25. The predicted octanol–water partition coefficient (Wildman–Crippen LogP) is 2.55. The molecule has 0 radical (unpaired) electrons. The summed E-state index contributed by atoms with van der Waals surface area (Å²) in [6.45, 7) is 1.71. The fourth-order valence-corrected chi connectivity index (χ4v) is 1.24. The van der Waals surface area contributed by atoms with Crippen LogP contribution in [-0.2, 0) is 4.79 Å². The fraction of sp³-hybridized carbons (Fsp3) is 0.875. The number of rotatable bonds is 3. The number of hydrogen-bond acceptors (Lipinski definition) is 1. The SMILES string of the molecule is CC(CC(=O)C(F)(F)F)C1CC1. The van der Waals surface area contributed by atoms with Gasteiger partial charge in [-0.05, 0) is 24.7 Å². The van der Waals surface area contributed by atoms with Gasteiger partial charge in [0.1, 0.15) is 0 Å². The first-order valence-corrected chi connectivity index (χ1v) is 4.01. The molecule has 70 valence electrons. The molecule has 0 saturated heterocycles. The summed E-state index contributed by atoms with van der Waals surface area (Å²) in [4.78, 5) is 10.5. The lowest BCUT2D eigenvalue weighted by Gasteiger charge is -2.10. The van der Waals surface area contributed by atoms with E-state index in [1.807, 2.05) is 0 Å². The lowest BCUT2D eigenvalue weighted by atomic mass is 9.99. The minimum absolute atomic E-state index is 0.0980. The molecule has 0 amide bonds. The first kappa shape index (κ1) is 9.55. The van der Waals surface area contributed by atoms with E-state index in [1.165, 1.54) is 0 Å². The number of Topliss-reactive ketones (excluding diaryl/α,β-unsaturated/α-hetero) is 1. The van der Waals surface area contributed by atoms with Gasteiger partial charge in [0.25, 0.3) is 0 Å². The van der Waals surface area contributed by atoms with Gasteiger partial charge in [0.2, 0.25) is 5.78 Å². The summed E-state index contributed by atoms with van der Waals surface area (Å²) in [6, 6.07) is 0. The third-order valence-electron chi connectivity index (χ3n) is 2.25. The molecule has 1 atom stereocenters. The van der Waals surface area contributed by atoms with E-state index in [2.05, 4.69) is 0 Å². The van der Waals surface area contributed by atoms with Crippen LogP contribution in [0.4, 0.5) is 13.2 Å². The molecular formula is C8H11F3O. The Morgan fingerprint density at radius 2 is 2.00 bits per heavy atom. The van der Waals surface area contributed by atoms with Crippen LogP contribution in [0.3, 0.4) is 0 Å². The molecule has 0 aliphatic heterocycles. The van der Waals surface area contributed by atoms with Gasteiger partial charge in [-0.1, -0.05) is 6.92 Å². The highest BCUT2D eigenvalue weighted by Crippen LogP contribution is 2.39. The van der Waals surface area contributed by atoms with Crippen LogP contribution in [0, 0.1) is 11.8 Å². The number of ketones is 1. The highest BCUT2D eigenvalue weighted by atomic mass is 19.4. The molecule has 0 bridgehead atoms. The predicted molar refractivity (Wildman–Crippen MR) is 37.6 cm³/mol. The van der Waals surface area contributed by atoms with Crippen LogP contribution < -0.4 is 0 Å². The molecule has 1 saturated carbocycles. The van der Waals surface area contributed by atoms with Crippen molar-refractivity contribution < 1.29 is 18.0 Å². The van der Waals surface area contributed by atoms with E-state index >= 15 is 0 Å². The van der Waals surface area contributed by atoms with Gasteiger partial charge < -0.3 is 0 Å². The molecule has 0 spiro atoms. The smallest absolute Gasteiger partial charge is 0.290 e. The Morgan fingerprint density at radius 3 is 2.33 bits per heavy atom. The Hall–Kier alpha value is -0.540. The highest BCUT2D eigenvalue weighted by Gasteiger charge is 2.40. The number of carbonyl (C=O) groups is 1. The monoisotopic (exact) mass is 180 g/mol. The van der Waals surface area contributed by atoms with Crippen LogP contribution in [0.25, 0.3) is 0 Å². The zero-order valence-corrected chi connectivity index (χ0v) is 6.82. The summed E-state index contributed by atoms with van der Waals surface area (Å²) in [5.41, 5.74) is 0. The van der Waals surface area contributed by atoms with Gasteiger partial charge >= 0.3 is 6.18 Å². The second kappa shape index (κ2) is 3.07. The third kappa shape index (κ3) is 2.50. The molecule has 0 aromatic rings. The van der Waals surface area contributed by atoms with E-state index in [-0.39, 0.29) is 12.3 Å². The molecule has 0 N–H and O–H groups in total. The molecule has 0 aromatic carbocycles. The molecule has 4 heteroatoms. The lowest BCUT2D eigenvalue weighted by Crippen LogP contribution is -2.24.